The molecule has 0 spiro atoms. The molecule has 2 aliphatic rings. The first-order valence-electron chi connectivity index (χ1n) is 11.1. The summed E-state index contributed by atoms with van der Waals surface area (Å²) in [7, 11) is 0. The van der Waals surface area contributed by atoms with E-state index >= 15 is 0 Å². The van der Waals surface area contributed by atoms with Gasteiger partial charge in [-0.2, -0.15) is 5.26 Å². The average molecular weight is 433 g/mol. The summed E-state index contributed by atoms with van der Waals surface area (Å²) in [6, 6.07) is 18.0. The molecule has 31 heavy (non-hydrogen) atoms. The smallest absolute Gasteiger partial charge is 0.256 e. The van der Waals surface area contributed by atoms with Crippen molar-refractivity contribution in [3.05, 3.63) is 75.8 Å². The first-order chi connectivity index (χ1) is 15.2. The van der Waals surface area contributed by atoms with Crippen molar-refractivity contribution in [2.24, 2.45) is 5.92 Å². The molecule has 1 heterocycles. The van der Waals surface area contributed by atoms with Gasteiger partial charge >= 0.3 is 0 Å². The van der Waals surface area contributed by atoms with Crippen LogP contribution in [0.1, 0.15) is 60.5 Å². The third-order valence-corrected chi connectivity index (χ3v) is 7.44. The molecule has 0 radical (unpaired) electrons. The number of nitriles is 1. The highest BCUT2D eigenvalue weighted by atomic mass is 32.2. The highest BCUT2D eigenvalue weighted by Crippen LogP contribution is 2.47. The minimum Gasteiger partial charge on any atom is -0.489 e. The lowest BCUT2D eigenvalue weighted by molar-refractivity contribution is 0.0968. The number of carbonyl (C=O) groups excluding carboxylic acids is 1. The van der Waals surface area contributed by atoms with Gasteiger partial charge < -0.3 is 10.1 Å². The first kappa shape index (κ1) is 21.5. The maximum atomic E-state index is 12.7. The zero-order valence-electron chi connectivity index (χ0n) is 17.9. The predicted molar refractivity (Wildman–Crippen MR) is 125 cm³/mol. The van der Waals surface area contributed by atoms with E-state index in [1.807, 2.05) is 36.4 Å². The standard InChI is InChI=1S/C26H28N2O2S/c1-2-5-18-10-14-21(15-11-18)30-17-19-8-12-20(13-9-19)25(29)28-26-23(16-27)22-6-3-4-7-24(22)31-26/h8-15,22,24H,2-7,17H2,1H3,(H,28,29). The molecule has 1 aliphatic carbocycles. The van der Waals surface area contributed by atoms with Crippen LogP contribution in [0.25, 0.3) is 0 Å². The van der Waals surface area contributed by atoms with Gasteiger partial charge in [0.25, 0.3) is 5.91 Å². The van der Waals surface area contributed by atoms with Crippen LogP contribution in [0.3, 0.4) is 0 Å². The van der Waals surface area contributed by atoms with E-state index in [9.17, 15) is 10.1 Å². The summed E-state index contributed by atoms with van der Waals surface area (Å²) in [4.78, 5) is 12.7. The molecule has 5 heteroatoms. The van der Waals surface area contributed by atoms with Gasteiger partial charge in [-0.3, -0.25) is 4.79 Å². The van der Waals surface area contributed by atoms with Gasteiger partial charge in [0, 0.05) is 16.7 Å². The van der Waals surface area contributed by atoms with Gasteiger partial charge in [0.05, 0.1) is 16.7 Å². The molecule has 2 aromatic rings. The van der Waals surface area contributed by atoms with Crippen molar-refractivity contribution in [2.45, 2.75) is 57.3 Å². The second-order valence-corrected chi connectivity index (χ2v) is 9.48. The maximum absolute atomic E-state index is 12.7. The molecule has 1 amide bonds. The van der Waals surface area contributed by atoms with Crippen LogP contribution in [0.4, 0.5) is 0 Å². The van der Waals surface area contributed by atoms with Crippen LogP contribution in [-0.2, 0) is 13.0 Å². The molecule has 0 aromatic heterocycles. The lowest BCUT2D eigenvalue weighted by Crippen LogP contribution is -2.21. The number of nitrogens with one attached hydrogen (secondary N) is 1. The number of fused-ring (bicyclic) bond motifs is 1. The quantitative estimate of drug-likeness (QED) is 0.584. The van der Waals surface area contributed by atoms with Crippen LogP contribution < -0.4 is 10.1 Å². The Morgan fingerprint density at radius 2 is 1.81 bits per heavy atom. The lowest BCUT2D eigenvalue weighted by Gasteiger charge is -2.24. The maximum Gasteiger partial charge on any atom is 0.256 e. The largest absolute Gasteiger partial charge is 0.489 e. The Labute approximate surface area is 188 Å². The van der Waals surface area contributed by atoms with Crippen molar-refractivity contribution < 1.29 is 9.53 Å². The molecule has 1 N–H and O–H groups in total. The molecule has 0 bridgehead atoms. The van der Waals surface area contributed by atoms with Gasteiger partial charge in [-0.15, -0.1) is 11.8 Å². The fourth-order valence-corrected chi connectivity index (χ4v) is 5.82. The summed E-state index contributed by atoms with van der Waals surface area (Å²) in [5, 5.41) is 13.8. The van der Waals surface area contributed by atoms with Crippen LogP contribution in [0.2, 0.25) is 0 Å². The molecule has 1 saturated carbocycles. The summed E-state index contributed by atoms with van der Waals surface area (Å²) in [6.45, 7) is 2.63. The number of benzene rings is 2. The minimum absolute atomic E-state index is 0.159. The number of rotatable bonds is 7. The molecule has 2 aromatic carbocycles. The van der Waals surface area contributed by atoms with E-state index in [4.69, 9.17) is 4.74 Å². The minimum atomic E-state index is -0.159. The highest BCUT2D eigenvalue weighted by Gasteiger charge is 2.38. The molecular formula is C26H28N2O2S. The van der Waals surface area contributed by atoms with Gasteiger partial charge in [0.1, 0.15) is 12.4 Å². The molecule has 2 atom stereocenters. The third-order valence-electron chi connectivity index (χ3n) is 6.02. The fourth-order valence-electron chi connectivity index (χ4n) is 4.32. The predicted octanol–water partition coefficient (Wildman–Crippen LogP) is 5.99. The number of nitrogens with zero attached hydrogens (tertiary/aromatic N) is 1. The van der Waals surface area contributed by atoms with E-state index in [2.05, 4.69) is 30.4 Å². The van der Waals surface area contributed by atoms with E-state index in [1.165, 1.54) is 18.4 Å². The first-order valence-corrected chi connectivity index (χ1v) is 12.0. The topological polar surface area (TPSA) is 62.1 Å². The van der Waals surface area contributed by atoms with Gasteiger partial charge in [0.15, 0.2) is 0 Å². The molecule has 2 unspecified atom stereocenters. The zero-order chi connectivity index (χ0) is 21.6. The number of ether oxygens (including phenoxy) is 1. The third kappa shape index (κ3) is 5.14. The number of amides is 1. The van der Waals surface area contributed by atoms with Crippen molar-refractivity contribution in [1.82, 2.24) is 5.32 Å². The highest BCUT2D eigenvalue weighted by molar-refractivity contribution is 8.04. The number of thioether (sulfide) groups is 1. The SMILES string of the molecule is CCCc1ccc(OCc2ccc(C(=O)NC3=C(C#N)C4CCCCC4S3)cc2)cc1. The van der Waals surface area contributed by atoms with Gasteiger partial charge in [-0.25, -0.2) is 0 Å². The summed E-state index contributed by atoms with van der Waals surface area (Å²) in [6.07, 6.45) is 6.76. The Bertz CT molecular complexity index is 990. The molecule has 4 rings (SSSR count). The number of aryl methyl sites for hydroxylation is 1. The van der Waals surface area contributed by atoms with E-state index in [1.54, 1.807) is 11.8 Å². The molecule has 160 valence electrons. The van der Waals surface area contributed by atoms with Gasteiger partial charge in [0.2, 0.25) is 0 Å². The van der Waals surface area contributed by atoms with Crippen LogP contribution in [-0.4, -0.2) is 11.2 Å². The van der Waals surface area contributed by atoms with Gasteiger partial charge in [-0.05, 0) is 54.7 Å². The lowest BCUT2D eigenvalue weighted by atomic mass is 9.84. The van der Waals surface area contributed by atoms with Crippen molar-refractivity contribution in [1.29, 1.82) is 5.26 Å². The zero-order valence-corrected chi connectivity index (χ0v) is 18.7. The van der Waals surface area contributed by atoms with E-state index in [-0.39, 0.29) is 5.91 Å². The Morgan fingerprint density at radius 1 is 1.10 bits per heavy atom. The van der Waals surface area contributed by atoms with Crippen LogP contribution >= 0.6 is 11.8 Å². The Balaban J connectivity index is 1.34. The molecular weight excluding hydrogens is 404 g/mol. The van der Waals surface area contributed by atoms with E-state index < -0.39 is 0 Å². The second kappa shape index (κ2) is 10.1. The number of allylic oxidation sites excluding steroid dienone is 1. The average Bonchev–Trinajstić information content (AvgIpc) is 3.16. The van der Waals surface area contributed by atoms with Crippen molar-refractivity contribution in [2.75, 3.05) is 0 Å². The van der Waals surface area contributed by atoms with E-state index in [0.717, 1.165) is 47.6 Å². The normalized spacial score (nSPS) is 20.1. The Morgan fingerprint density at radius 3 is 2.52 bits per heavy atom. The fraction of sp³-hybridized carbons (Fsp3) is 0.385. The Kier molecular flexibility index (Phi) is 6.99. The monoisotopic (exact) mass is 432 g/mol. The van der Waals surface area contributed by atoms with Crippen LogP contribution in [0, 0.1) is 17.2 Å². The molecule has 1 aliphatic heterocycles. The molecule has 4 nitrogen and oxygen atoms in total. The van der Waals surface area contributed by atoms with Crippen molar-refractivity contribution in [3.63, 3.8) is 0 Å². The number of hydrogen-bond donors (Lipinski definition) is 1. The van der Waals surface area contributed by atoms with E-state index in [0.29, 0.717) is 23.3 Å². The van der Waals surface area contributed by atoms with Crippen LogP contribution in [0.5, 0.6) is 5.75 Å². The summed E-state index contributed by atoms with van der Waals surface area (Å²) < 4.78 is 5.87. The number of hydrogen-bond acceptors (Lipinski definition) is 4. The summed E-state index contributed by atoms with van der Waals surface area (Å²) >= 11 is 1.67. The van der Waals surface area contributed by atoms with Crippen LogP contribution in [0.15, 0.2) is 59.1 Å². The van der Waals surface area contributed by atoms with Crippen molar-refractivity contribution >= 4 is 17.7 Å². The summed E-state index contributed by atoms with van der Waals surface area (Å²) in [5.74, 6) is 0.986. The van der Waals surface area contributed by atoms with Gasteiger partial charge in [-0.1, -0.05) is 50.5 Å². The Hall–Kier alpha value is -2.71. The molecule has 1 fully saturated rings. The number of carbonyl (C=O) groups is 1. The van der Waals surface area contributed by atoms with Crippen molar-refractivity contribution in [3.8, 4) is 11.8 Å². The second-order valence-electron chi connectivity index (χ2n) is 8.24. The summed E-state index contributed by atoms with van der Waals surface area (Å²) in [5.41, 5.74) is 3.68. The molecule has 0 saturated heterocycles.